The van der Waals surface area contributed by atoms with E-state index in [1.807, 2.05) is 6.08 Å². The number of anilines is 1. The number of fused-ring (bicyclic) bond motifs is 1. The molecule has 0 radical (unpaired) electrons. The van der Waals surface area contributed by atoms with Crippen LogP contribution in [0.25, 0.3) is 0 Å². The number of rotatable bonds is 2. The number of nitrogens with zero attached hydrogens (tertiary/aromatic N) is 3. The number of alkyl halides is 3. The van der Waals surface area contributed by atoms with Gasteiger partial charge in [-0.05, 0) is 24.6 Å². The number of hydroxylamine groups is 1. The van der Waals surface area contributed by atoms with E-state index in [0.29, 0.717) is 32.0 Å². The smallest absolute Gasteiger partial charge is 0.360 e. The monoisotopic (exact) mass is 410 g/mol. The second-order valence-corrected chi connectivity index (χ2v) is 7.12. The van der Waals surface area contributed by atoms with Crippen molar-refractivity contribution >= 4 is 17.4 Å². The van der Waals surface area contributed by atoms with Crippen LogP contribution in [0.15, 0.2) is 47.1 Å². The highest BCUT2D eigenvalue weighted by Gasteiger charge is 2.53. The standard InChI is InChI=1S/C19H18F4N4O2/c20-13-7-12(19(21,22)23)5-6-14(13)26-9-16-15(26)10-27(16)17-4-2-1-3-11(8-24-17)18(28)25-29/h1,3,5-8,15-16,29H,2,4,9-10H2,(H,25,28)/b3-1-,11-8+,24-17?/t15-,16?/m1/s1. The van der Waals surface area contributed by atoms with E-state index < -0.39 is 23.5 Å². The number of halogens is 4. The van der Waals surface area contributed by atoms with Crippen molar-refractivity contribution in [2.75, 3.05) is 18.0 Å². The van der Waals surface area contributed by atoms with Gasteiger partial charge in [0.2, 0.25) is 0 Å². The Labute approximate surface area is 163 Å². The maximum absolute atomic E-state index is 14.2. The molecule has 2 N–H and O–H groups in total. The molecule has 2 fully saturated rings. The Balaban J connectivity index is 1.45. The van der Waals surface area contributed by atoms with Crippen molar-refractivity contribution < 1.29 is 27.6 Å². The molecule has 0 spiro atoms. The fourth-order valence-electron chi connectivity index (χ4n) is 3.83. The highest BCUT2D eigenvalue weighted by molar-refractivity contribution is 5.96. The lowest BCUT2D eigenvalue weighted by molar-refractivity contribution is -0.137. The largest absolute Gasteiger partial charge is 0.416 e. The van der Waals surface area contributed by atoms with E-state index in [1.165, 1.54) is 12.3 Å². The van der Waals surface area contributed by atoms with Crippen LogP contribution in [0.1, 0.15) is 18.4 Å². The number of aliphatic imine (C=N–C) groups is 1. The lowest BCUT2D eigenvalue weighted by Crippen LogP contribution is -2.80. The second kappa shape index (κ2) is 7.18. The number of hydrogen-bond acceptors (Lipinski definition) is 5. The zero-order valence-electron chi connectivity index (χ0n) is 15.2. The molecule has 1 aromatic carbocycles. The fraction of sp³-hybridized carbons (Fsp3) is 0.368. The van der Waals surface area contributed by atoms with Crippen LogP contribution in [0.3, 0.4) is 0 Å². The fourth-order valence-corrected chi connectivity index (χ4v) is 3.83. The number of piperazine rings is 1. The SMILES string of the molecule is O=C(NO)C1=C/N=C(N2C[C@@H]3C2CN3c2ccc(C(F)(F)F)cc2F)CC/C=C\1. The molecule has 2 saturated heterocycles. The normalized spacial score (nSPS) is 26.7. The van der Waals surface area contributed by atoms with Crippen LogP contribution in [0, 0.1) is 5.82 Å². The molecule has 3 aliphatic rings. The number of amidine groups is 1. The van der Waals surface area contributed by atoms with Gasteiger partial charge in [0, 0.05) is 25.7 Å². The maximum atomic E-state index is 14.2. The highest BCUT2D eigenvalue weighted by atomic mass is 19.4. The van der Waals surface area contributed by atoms with Crippen molar-refractivity contribution in [1.82, 2.24) is 10.4 Å². The lowest BCUT2D eigenvalue weighted by atomic mass is 9.84. The average Bonchev–Trinajstić information content (AvgIpc) is 2.63. The Hall–Kier alpha value is -2.88. The maximum Gasteiger partial charge on any atom is 0.416 e. The predicted octanol–water partition coefficient (Wildman–Crippen LogP) is 2.86. The minimum atomic E-state index is -4.58. The third-order valence-electron chi connectivity index (χ3n) is 5.48. The van der Waals surface area contributed by atoms with Crippen molar-refractivity contribution in [3.63, 3.8) is 0 Å². The van der Waals surface area contributed by atoms with Crippen LogP contribution in [0.5, 0.6) is 0 Å². The molecule has 3 aliphatic heterocycles. The number of carbonyl (C=O) groups is 1. The van der Waals surface area contributed by atoms with E-state index in [9.17, 15) is 22.4 Å². The topological polar surface area (TPSA) is 68.2 Å². The summed E-state index contributed by atoms with van der Waals surface area (Å²) in [7, 11) is 0. The van der Waals surface area contributed by atoms with Crippen LogP contribution in [-0.2, 0) is 11.0 Å². The van der Waals surface area contributed by atoms with Gasteiger partial charge in [-0.15, -0.1) is 0 Å². The zero-order chi connectivity index (χ0) is 20.8. The average molecular weight is 410 g/mol. The first-order valence-corrected chi connectivity index (χ1v) is 9.07. The number of likely N-dealkylation sites (tertiary alicyclic amines) is 1. The first kappa shape index (κ1) is 19.4. The van der Waals surface area contributed by atoms with Crippen LogP contribution < -0.4 is 10.4 Å². The number of hydrogen-bond donors (Lipinski definition) is 2. The third kappa shape index (κ3) is 3.48. The summed E-state index contributed by atoms with van der Waals surface area (Å²) in [5, 5.41) is 8.76. The molecule has 1 amide bonds. The molecule has 3 heterocycles. The van der Waals surface area contributed by atoms with Gasteiger partial charge in [-0.2, -0.15) is 13.2 Å². The molecule has 4 rings (SSSR count). The first-order chi connectivity index (χ1) is 13.8. The number of carbonyl (C=O) groups excluding carboxylic acids is 1. The molecule has 0 aliphatic carbocycles. The molecule has 0 aromatic heterocycles. The number of allylic oxidation sites excluding steroid dienone is 1. The summed E-state index contributed by atoms with van der Waals surface area (Å²) in [6.07, 6.45) is 1.55. The Morgan fingerprint density at radius 2 is 1.93 bits per heavy atom. The summed E-state index contributed by atoms with van der Waals surface area (Å²) < 4.78 is 52.4. The van der Waals surface area contributed by atoms with E-state index >= 15 is 0 Å². The Morgan fingerprint density at radius 1 is 1.21 bits per heavy atom. The lowest BCUT2D eigenvalue weighted by Gasteiger charge is -2.63. The number of nitrogens with one attached hydrogen (secondary N) is 1. The number of benzene rings is 1. The van der Waals surface area contributed by atoms with Gasteiger partial charge in [-0.25, -0.2) is 14.9 Å². The van der Waals surface area contributed by atoms with Gasteiger partial charge in [0.15, 0.2) is 0 Å². The van der Waals surface area contributed by atoms with Crippen LogP contribution in [-0.4, -0.2) is 47.0 Å². The van der Waals surface area contributed by atoms with Crippen molar-refractivity contribution in [2.24, 2.45) is 4.99 Å². The molecule has 0 bridgehead atoms. The molecular formula is C19H18F4N4O2. The van der Waals surface area contributed by atoms with Crippen molar-refractivity contribution in [3.05, 3.63) is 53.5 Å². The van der Waals surface area contributed by atoms with E-state index in [4.69, 9.17) is 5.21 Å². The minimum absolute atomic E-state index is 0.00844. The molecule has 29 heavy (non-hydrogen) atoms. The van der Waals surface area contributed by atoms with Crippen molar-refractivity contribution in [1.29, 1.82) is 0 Å². The quantitative estimate of drug-likeness (QED) is 0.447. The van der Waals surface area contributed by atoms with Gasteiger partial charge in [-0.3, -0.25) is 10.0 Å². The van der Waals surface area contributed by atoms with Crippen LogP contribution in [0.4, 0.5) is 23.2 Å². The summed E-state index contributed by atoms with van der Waals surface area (Å²) in [5.74, 6) is -0.750. The summed E-state index contributed by atoms with van der Waals surface area (Å²) in [6, 6.07) is 2.71. The molecule has 2 atom stereocenters. The zero-order valence-corrected chi connectivity index (χ0v) is 15.2. The van der Waals surface area contributed by atoms with Crippen molar-refractivity contribution in [2.45, 2.75) is 31.1 Å². The van der Waals surface area contributed by atoms with Gasteiger partial charge in [0.25, 0.3) is 5.91 Å². The molecule has 6 nitrogen and oxygen atoms in total. The highest BCUT2D eigenvalue weighted by Crippen LogP contribution is 2.40. The van der Waals surface area contributed by atoms with Crippen LogP contribution in [0.2, 0.25) is 0 Å². The summed E-state index contributed by atoms with van der Waals surface area (Å²) in [4.78, 5) is 19.8. The van der Waals surface area contributed by atoms with E-state index in [1.54, 1.807) is 16.5 Å². The Kier molecular flexibility index (Phi) is 4.81. The Morgan fingerprint density at radius 3 is 2.55 bits per heavy atom. The van der Waals surface area contributed by atoms with E-state index in [2.05, 4.69) is 9.89 Å². The molecule has 10 heteroatoms. The molecule has 0 saturated carbocycles. The number of amides is 1. The Bertz CT molecular complexity index is 925. The van der Waals surface area contributed by atoms with E-state index in [0.717, 1.165) is 11.9 Å². The first-order valence-electron chi connectivity index (χ1n) is 9.07. The predicted molar refractivity (Wildman–Crippen MR) is 96.9 cm³/mol. The van der Waals surface area contributed by atoms with Gasteiger partial charge in [0.1, 0.15) is 11.7 Å². The summed E-state index contributed by atoms with van der Waals surface area (Å²) in [5.41, 5.74) is 0.964. The molecule has 1 unspecified atom stereocenters. The molecule has 154 valence electrons. The molecule has 1 aromatic rings. The van der Waals surface area contributed by atoms with Gasteiger partial charge >= 0.3 is 6.18 Å². The van der Waals surface area contributed by atoms with Gasteiger partial charge < -0.3 is 9.80 Å². The van der Waals surface area contributed by atoms with Crippen molar-refractivity contribution in [3.8, 4) is 0 Å². The molecular weight excluding hydrogens is 392 g/mol. The minimum Gasteiger partial charge on any atom is -0.360 e. The summed E-state index contributed by atoms with van der Waals surface area (Å²) in [6.45, 7) is 1.05. The van der Waals surface area contributed by atoms with Crippen LogP contribution >= 0.6 is 0 Å². The third-order valence-corrected chi connectivity index (χ3v) is 5.48. The van der Waals surface area contributed by atoms with Gasteiger partial charge in [-0.1, -0.05) is 12.2 Å². The summed E-state index contributed by atoms with van der Waals surface area (Å²) >= 11 is 0. The second-order valence-electron chi connectivity index (χ2n) is 7.12. The van der Waals surface area contributed by atoms with E-state index in [-0.39, 0.29) is 23.3 Å². The van der Waals surface area contributed by atoms with Gasteiger partial charge in [0.05, 0.1) is 28.9 Å².